The van der Waals surface area contributed by atoms with Gasteiger partial charge in [0.15, 0.2) is 5.82 Å². The smallest absolute Gasteiger partial charge is 0.433 e. The summed E-state index contributed by atoms with van der Waals surface area (Å²) in [5, 5.41) is 3.80. The summed E-state index contributed by atoms with van der Waals surface area (Å²) in [5.74, 6) is 1.54. The molecule has 0 unspecified atom stereocenters. The van der Waals surface area contributed by atoms with Crippen molar-refractivity contribution in [3.63, 3.8) is 0 Å². The van der Waals surface area contributed by atoms with Crippen molar-refractivity contribution in [2.75, 3.05) is 12.4 Å². The van der Waals surface area contributed by atoms with Gasteiger partial charge >= 0.3 is 6.18 Å². The zero-order valence-electron chi connectivity index (χ0n) is 16.6. The predicted molar refractivity (Wildman–Crippen MR) is 108 cm³/mol. The summed E-state index contributed by atoms with van der Waals surface area (Å²) >= 11 is 0. The van der Waals surface area contributed by atoms with Gasteiger partial charge in [-0.05, 0) is 36.2 Å². The maximum atomic E-state index is 12.7. The summed E-state index contributed by atoms with van der Waals surface area (Å²) in [7, 11) is 1.54. The number of alkyl halides is 3. The quantitative estimate of drug-likeness (QED) is 0.505. The van der Waals surface area contributed by atoms with E-state index in [2.05, 4.69) is 30.2 Å². The minimum atomic E-state index is -4.47. The zero-order valence-corrected chi connectivity index (χ0v) is 16.6. The molecular formula is C21H17F3N6O. The first kappa shape index (κ1) is 20.5. The maximum Gasteiger partial charge on any atom is 0.433 e. The molecule has 0 aliphatic rings. The SMILES string of the molecule is COc1cc(-c2ncc(C)cn2)cc2c(NCc3ccc(C(F)(F)F)nc3)ncnc12. The lowest BCUT2D eigenvalue weighted by atomic mass is 10.1. The van der Waals surface area contributed by atoms with Crippen LogP contribution in [0.15, 0.2) is 49.2 Å². The number of anilines is 1. The van der Waals surface area contributed by atoms with E-state index in [1.807, 2.05) is 13.0 Å². The van der Waals surface area contributed by atoms with Gasteiger partial charge in [0.05, 0.1) is 7.11 Å². The van der Waals surface area contributed by atoms with Crippen LogP contribution < -0.4 is 10.1 Å². The third-order valence-corrected chi connectivity index (χ3v) is 4.54. The van der Waals surface area contributed by atoms with Crippen molar-refractivity contribution in [3.05, 3.63) is 66.0 Å². The Hall–Kier alpha value is -3.82. The molecule has 0 aliphatic carbocycles. The number of fused-ring (bicyclic) bond motifs is 1. The number of benzene rings is 1. The number of nitrogens with zero attached hydrogens (tertiary/aromatic N) is 5. The van der Waals surface area contributed by atoms with E-state index in [-0.39, 0.29) is 6.54 Å². The number of methoxy groups -OCH3 is 1. The van der Waals surface area contributed by atoms with Crippen LogP contribution in [-0.2, 0) is 12.7 Å². The maximum absolute atomic E-state index is 12.7. The summed E-state index contributed by atoms with van der Waals surface area (Å²) in [6.45, 7) is 2.13. The van der Waals surface area contributed by atoms with E-state index in [1.165, 1.54) is 25.7 Å². The second-order valence-corrected chi connectivity index (χ2v) is 6.78. The van der Waals surface area contributed by atoms with E-state index in [4.69, 9.17) is 4.74 Å². The Morgan fingerprint density at radius 1 is 0.968 bits per heavy atom. The first-order chi connectivity index (χ1) is 14.8. The zero-order chi connectivity index (χ0) is 22.0. The van der Waals surface area contributed by atoms with Crippen LogP contribution in [0.3, 0.4) is 0 Å². The number of halogens is 3. The van der Waals surface area contributed by atoms with Crippen LogP contribution in [0.1, 0.15) is 16.8 Å². The lowest BCUT2D eigenvalue weighted by Gasteiger charge is -2.12. The molecule has 0 saturated carbocycles. The van der Waals surface area contributed by atoms with Crippen LogP contribution in [-0.4, -0.2) is 32.0 Å². The van der Waals surface area contributed by atoms with Crippen LogP contribution in [0.4, 0.5) is 19.0 Å². The summed E-state index contributed by atoms with van der Waals surface area (Å²) in [5.41, 5.74) is 1.88. The van der Waals surface area contributed by atoms with E-state index in [1.54, 1.807) is 18.5 Å². The normalized spacial score (nSPS) is 11.5. The average Bonchev–Trinajstić information content (AvgIpc) is 2.77. The summed E-state index contributed by atoms with van der Waals surface area (Å²) in [6, 6.07) is 5.96. The van der Waals surface area contributed by atoms with Crippen LogP contribution >= 0.6 is 0 Å². The van der Waals surface area contributed by atoms with E-state index in [0.29, 0.717) is 33.9 Å². The molecule has 158 valence electrons. The highest BCUT2D eigenvalue weighted by atomic mass is 19.4. The third kappa shape index (κ3) is 4.37. The van der Waals surface area contributed by atoms with Crippen LogP contribution in [0.5, 0.6) is 5.75 Å². The number of rotatable bonds is 5. The second-order valence-electron chi connectivity index (χ2n) is 6.78. The molecule has 1 aromatic carbocycles. The van der Waals surface area contributed by atoms with E-state index < -0.39 is 11.9 Å². The van der Waals surface area contributed by atoms with Crippen LogP contribution in [0, 0.1) is 6.92 Å². The van der Waals surface area contributed by atoms with Crippen molar-refractivity contribution in [1.29, 1.82) is 0 Å². The third-order valence-electron chi connectivity index (χ3n) is 4.54. The molecule has 0 bridgehead atoms. The fourth-order valence-electron chi connectivity index (χ4n) is 2.99. The van der Waals surface area contributed by atoms with Gasteiger partial charge in [-0.15, -0.1) is 0 Å². The first-order valence-electron chi connectivity index (χ1n) is 9.23. The average molecular weight is 426 g/mol. The van der Waals surface area contributed by atoms with Crippen LogP contribution in [0.2, 0.25) is 0 Å². The number of nitrogens with one attached hydrogen (secondary N) is 1. The molecule has 0 aliphatic heterocycles. The highest BCUT2D eigenvalue weighted by molar-refractivity contribution is 5.96. The van der Waals surface area contributed by atoms with Gasteiger partial charge in [-0.2, -0.15) is 13.2 Å². The monoisotopic (exact) mass is 426 g/mol. The molecule has 0 fully saturated rings. The molecule has 4 rings (SSSR count). The molecule has 3 heterocycles. The van der Waals surface area contributed by atoms with Gasteiger partial charge in [-0.25, -0.2) is 19.9 Å². The van der Waals surface area contributed by atoms with Crippen LogP contribution in [0.25, 0.3) is 22.3 Å². The topological polar surface area (TPSA) is 85.7 Å². The molecule has 0 radical (unpaired) electrons. The minimum Gasteiger partial charge on any atom is -0.494 e. The molecular weight excluding hydrogens is 409 g/mol. The lowest BCUT2D eigenvalue weighted by Crippen LogP contribution is -2.09. The Bertz CT molecular complexity index is 1210. The molecule has 4 aromatic rings. The Balaban J connectivity index is 1.67. The van der Waals surface area contributed by atoms with E-state index in [0.717, 1.165) is 17.2 Å². The number of aryl methyl sites for hydroxylation is 1. The van der Waals surface area contributed by atoms with Crippen molar-refractivity contribution >= 4 is 16.7 Å². The molecule has 31 heavy (non-hydrogen) atoms. The van der Waals surface area contributed by atoms with Crippen molar-refractivity contribution in [3.8, 4) is 17.1 Å². The Labute approximate surface area is 175 Å². The first-order valence-corrected chi connectivity index (χ1v) is 9.23. The predicted octanol–water partition coefficient (Wildman–Crippen LogP) is 4.43. The van der Waals surface area contributed by atoms with Gasteiger partial charge in [0.2, 0.25) is 0 Å². The number of hydrogen-bond acceptors (Lipinski definition) is 7. The highest BCUT2D eigenvalue weighted by Gasteiger charge is 2.31. The van der Waals surface area contributed by atoms with Crippen molar-refractivity contribution in [1.82, 2.24) is 24.9 Å². The molecule has 7 nitrogen and oxygen atoms in total. The largest absolute Gasteiger partial charge is 0.494 e. The molecule has 0 amide bonds. The molecule has 10 heteroatoms. The molecule has 0 saturated heterocycles. The Morgan fingerprint density at radius 2 is 1.74 bits per heavy atom. The lowest BCUT2D eigenvalue weighted by molar-refractivity contribution is -0.141. The van der Waals surface area contributed by atoms with Crippen molar-refractivity contribution in [2.24, 2.45) is 0 Å². The molecule has 0 spiro atoms. The Morgan fingerprint density at radius 3 is 2.39 bits per heavy atom. The number of pyridine rings is 1. The van der Waals surface area contributed by atoms with E-state index in [9.17, 15) is 13.2 Å². The number of ether oxygens (including phenoxy) is 1. The van der Waals surface area contributed by atoms with Crippen molar-refractivity contribution < 1.29 is 17.9 Å². The standard InChI is InChI=1S/C21H17F3N6O/c1-12-7-26-19(27-8-12)14-5-15-18(16(6-14)31-2)29-11-30-20(15)28-10-13-3-4-17(25-9-13)21(22,23)24/h3-9,11H,10H2,1-2H3,(H,28,29,30). The van der Waals surface area contributed by atoms with Crippen molar-refractivity contribution in [2.45, 2.75) is 19.6 Å². The molecule has 0 atom stereocenters. The second kappa shape index (κ2) is 8.13. The number of hydrogen-bond donors (Lipinski definition) is 1. The summed E-state index contributed by atoms with van der Waals surface area (Å²) < 4.78 is 43.6. The van der Waals surface area contributed by atoms with Gasteiger partial charge in [0.1, 0.15) is 29.1 Å². The van der Waals surface area contributed by atoms with E-state index >= 15 is 0 Å². The Kier molecular flexibility index (Phi) is 5.37. The summed E-state index contributed by atoms with van der Waals surface area (Å²) in [4.78, 5) is 20.8. The highest BCUT2D eigenvalue weighted by Crippen LogP contribution is 2.33. The van der Waals surface area contributed by atoms with Gasteiger partial charge in [-0.1, -0.05) is 6.07 Å². The number of aromatic nitrogens is 5. The molecule has 1 N–H and O–H groups in total. The minimum absolute atomic E-state index is 0.227. The van der Waals surface area contributed by atoms with Gasteiger partial charge in [0.25, 0.3) is 0 Å². The van der Waals surface area contributed by atoms with Gasteiger partial charge < -0.3 is 10.1 Å². The van der Waals surface area contributed by atoms with Gasteiger partial charge in [-0.3, -0.25) is 4.98 Å². The van der Waals surface area contributed by atoms with Gasteiger partial charge in [0, 0.05) is 36.1 Å². The fraction of sp³-hybridized carbons (Fsp3) is 0.190. The fourth-order valence-corrected chi connectivity index (χ4v) is 2.99. The molecule has 3 aromatic heterocycles. The summed E-state index contributed by atoms with van der Waals surface area (Å²) in [6.07, 6.45) is 1.54.